The Bertz CT molecular complexity index is 509. The zero-order chi connectivity index (χ0) is 12.8. The molecule has 0 spiro atoms. The van der Waals surface area contributed by atoms with Crippen molar-refractivity contribution in [2.45, 2.75) is 13.8 Å². The molecule has 3 nitrogen and oxygen atoms in total. The maximum Gasteiger partial charge on any atom is 0.384 e. The third-order valence-corrected chi connectivity index (χ3v) is 2.26. The number of ketones is 1. The van der Waals surface area contributed by atoms with E-state index in [4.69, 9.17) is 11.6 Å². The molecule has 0 radical (unpaired) electrons. The molecular formula is C13H11ClO3. The van der Waals surface area contributed by atoms with E-state index in [1.165, 1.54) is 6.92 Å². The third-order valence-electron chi connectivity index (χ3n) is 1.93. The molecule has 0 aliphatic carbocycles. The summed E-state index contributed by atoms with van der Waals surface area (Å²) >= 11 is 5.84. The highest BCUT2D eigenvalue weighted by molar-refractivity contribution is 6.33. The second-order valence-corrected chi connectivity index (χ2v) is 3.63. The molecule has 4 heteroatoms. The summed E-state index contributed by atoms with van der Waals surface area (Å²) < 4.78 is 4.66. The van der Waals surface area contributed by atoms with E-state index < -0.39 is 5.97 Å². The minimum absolute atomic E-state index is 0.144. The number of Topliss-reactive ketones (excluding diaryl/α,β-unsaturated/α-hetero) is 1. The second kappa shape index (κ2) is 6.07. The van der Waals surface area contributed by atoms with E-state index >= 15 is 0 Å². The predicted molar refractivity (Wildman–Crippen MR) is 65.0 cm³/mol. The highest BCUT2D eigenvalue weighted by atomic mass is 35.5. The molecule has 17 heavy (non-hydrogen) atoms. The van der Waals surface area contributed by atoms with Gasteiger partial charge < -0.3 is 4.74 Å². The molecule has 0 atom stereocenters. The smallest absolute Gasteiger partial charge is 0.384 e. The molecule has 0 fully saturated rings. The minimum Gasteiger partial charge on any atom is -0.456 e. The molecule has 0 amide bonds. The third kappa shape index (κ3) is 3.93. The molecule has 88 valence electrons. The maximum atomic E-state index is 11.2. The first-order chi connectivity index (χ1) is 8.04. The largest absolute Gasteiger partial charge is 0.456 e. The molecule has 1 aromatic rings. The number of carbonyl (C=O) groups excluding carboxylic acids is 2. The van der Waals surface area contributed by atoms with Crippen LogP contribution in [0.4, 0.5) is 0 Å². The van der Waals surface area contributed by atoms with Crippen LogP contribution in [0.1, 0.15) is 29.8 Å². The van der Waals surface area contributed by atoms with Gasteiger partial charge in [0.05, 0.1) is 11.6 Å². The van der Waals surface area contributed by atoms with Gasteiger partial charge in [-0.1, -0.05) is 17.5 Å². The zero-order valence-corrected chi connectivity index (χ0v) is 10.3. The summed E-state index contributed by atoms with van der Waals surface area (Å²) in [5, 5.41) is 0.374. The Morgan fingerprint density at radius 1 is 1.41 bits per heavy atom. The molecular weight excluding hydrogens is 240 g/mol. The van der Waals surface area contributed by atoms with Crippen LogP contribution in [0.5, 0.6) is 0 Å². The molecule has 0 saturated carbocycles. The summed E-state index contributed by atoms with van der Waals surface area (Å²) in [7, 11) is 0. The number of esters is 1. The van der Waals surface area contributed by atoms with Crippen LogP contribution < -0.4 is 0 Å². The Labute approximate surface area is 105 Å². The average molecular weight is 251 g/mol. The van der Waals surface area contributed by atoms with Gasteiger partial charge >= 0.3 is 5.97 Å². The van der Waals surface area contributed by atoms with Gasteiger partial charge in [0.1, 0.15) is 0 Å². The van der Waals surface area contributed by atoms with Gasteiger partial charge in [0.2, 0.25) is 0 Å². The first-order valence-electron chi connectivity index (χ1n) is 5.04. The van der Waals surface area contributed by atoms with Crippen molar-refractivity contribution in [3.05, 3.63) is 34.3 Å². The fourth-order valence-electron chi connectivity index (χ4n) is 1.16. The maximum absolute atomic E-state index is 11.2. The van der Waals surface area contributed by atoms with Crippen LogP contribution in [0, 0.1) is 11.8 Å². The van der Waals surface area contributed by atoms with E-state index in [0.717, 1.165) is 0 Å². The Morgan fingerprint density at radius 2 is 2.12 bits per heavy atom. The fourth-order valence-corrected chi connectivity index (χ4v) is 1.41. The summed E-state index contributed by atoms with van der Waals surface area (Å²) in [6.45, 7) is 3.41. The molecule has 0 aromatic heterocycles. The molecule has 0 saturated heterocycles. The topological polar surface area (TPSA) is 43.4 Å². The number of carbonyl (C=O) groups is 2. The standard InChI is InChI=1S/C13H11ClO3/c1-3-17-13(16)7-5-10-4-6-12(14)11(8-10)9(2)15/h4,6,8H,3H2,1-2H3. The van der Waals surface area contributed by atoms with Gasteiger partial charge in [-0.15, -0.1) is 0 Å². The second-order valence-electron chi connectivity index (χ2n) is 3.22. The van der Waals surface area contributed by atoms with Gasteiger partial charge in [0.25, 0.3) is 0 Å². The van der Waals surface area contributed by atoms with Crippen molar-refractivity contribution >= 4 is 23.4 Å². The molecule has 0 N–H and O–H groups in total. The Balaban J connectivity index is 2.97. The van der Waals surface area contributed by atoms with Crippen molar-refractivity contribution in [1.29, 1.82) is 0 Å². The summed E-state index contributed by atoms with van der Waals surface area (Å²) in [6, 6.07) is 4.77. The van der Waals surface area contributed by atoms with Crippen LogP contribution in [0.2, 0.25) is 5.02 Å². The van der Waals surface area contributed by atoms with Crippen molar-refractivity contribution < 1.29 is 14.3 Å². The summed E-state index contributed by atoms with van der Waals surface area (Å²) in [5.41, 5.74) is 0.940. The SMILES string of the molecule is CCOC(=O)C#Cc1ccc(Cl)c(C(C)=O)c1. The molecule has 1 aromatic carbocycles. The Morgan fingerprint density at radius 3 is 2.71 bits per heavy atom. The monoisotopic (exact) mass is 250 g/mol. The van der Waals surface area contributed by atoms with E-state index in [2.05, 4.69) is 16.6 Å². The van der Waals surface area contributed by atoms with Crippen molar-refractivity contribution in [2.24, 2.45) is 0 Å². The van der Waals surface area contributed by atoms with E-state index in [1.54, 1.807) is 25.1 Å². The van der Waals surface area contributed by atoms with Gasteiger partial charge in [0.15, 0.2) is 5.78 Å². The molecule has 1 rings (SSSR count). The van der Waals surface area contributed by atoms with E-state index in [9.17, 15) is 9.59 Å². The fraction of sp³-hybridized carbons (Fsp3) is 0.231. The van der Waals surface area contributed by atoms with E-state index in [-0.39, 0.29) is 12.4 Å². The van der Waals surface area contributed by atoms with Gasteiger partial charge in [-0.2, -0.15) is 0 Å². The van der Waals surface area contributed by atoms with Crippen LogP contribution >= 0.6 is 11.6 Å². The van der Waals surface area contributed by atoms with Gasteiger partial charge in [-0.05, 0) is 32.0 Å². The van der Waals surface area contributed by atoms with Crippen molar-refractivity contribution in [2.75, 3.05) is 6.61 Å². The number of ether oxygens (including phenoxy) is 1. The lowest BCUT2D eigenvalue weighted by Crippen LogP contribution is -1.99. The van der Waals surface area contributed by atoms with Gasteiger partial charge in [-0.3, -0.25) is 4.79 Å². The van der Waals surface area contributed by atoms with Crippen molar-refractivity contribution in [3.8, 4) is 11.8 Å². The average Bonchev–Trinajstić information content (AvgIpc) is 2.28. The van der Waals surface area contributed by atoms with E-state index in [0.29, 0.717) is 16.1 Å². The molecule has 0 unspecified atom stereocenters. The lowest BCUT2D eigenvalue weighted by atomic mass is 10.1. The number of hydrogen-bond acceptors (Lipinski definition) is 3. The molecule has 0 aliphatic rings. The molecule has 0 aliphatic heterocycles. The Hall–Kier alpha value is -1.79. The lowest BCUT2D eigenvalue weighted by Gasteiger charge is -1.99. The normalized spacial score (nSPS) is 9.12. The number of hydrogen-bond donors (Lipinski definition) is 0. The quantitative estimate of drug-likeness (QED) is 0.460. The number of halogens is 1. The highest BCUT2D eigenvalue weighted by Gasteiger charge is 2.05. The minimum atomic E-state index is -0.591. The van der Waals surface area contributed by atoms with E-state index in [1.807, 2.05) is 0 Å². The van der Waals surface area contributed by atoms with Crippen LogP contribution in [0.25, 0.3) is 0 Å². The van der Waals surface area contributed by atoms with Gasteiger partial charge in [0, 0.05) is 17.0 Å². The number of rotatable bonds is 2. The van der Waals surface area contributed by atoms with Crippen molar-refractivity contribution in [1.82, 2.24) is 0 Å². The van der Waals surface area contributed by atoms with Crippen LogP contribution in [0.3, 0.4) is 0 Å². The number of benzene rings is 1. The van der Waals surface area contributed by atoms with Crippen LogP contribution in [-0.2, 0) is 9.53 Å². The summed E-state index contributed by atoms with van der Waals surface area (Å²) in [4.78, 5) is 22.2. The Kier molecular flexibility index (Phi) is 4.74. The zero-order valence-electron chi connectivity index (χ0n) is 9.54. The van der Waals surface area contributed by atoms with Crippen LogP contribution in [-0.4, -0.2) is 18.4 Å². The molecule has 0 heterocycles. The summed E-state index contributed by atoms with van der Waals surface area (Å²) in [6.07, 6.45) is 0. The van der Waals surface area contributed by atoms with Crippen LogP contribution in [0.15, 0.2) is 18.2 Å². The summed E-state index contributed by atoms with van der Waals surface area (Å²) in [5.74, 6) is 4.20. The highest BCUT2D eigenvalue weighted by Crippen LogP contribution is 2.17. The molecule has 0 bridgehead atoms. The van der Waals surface area contributed by atoms with Gasteiger partial charge in [-0.25, -0.2) is 4.79 Å². The van der Waals surface area contributed by atoms with Crippen molar-refractivity contribution in [3.63, 3.8) is 0 Å². The first-order valence-corrected chi connectivity index (χ1v) is 5.41. The predicted octanol–water partition coefficient (Wildman–Crippen LogP) is 2.46. The first kappa shape index (κ1) is 13.3. The lowest BCUT2D eigenvalue weighted by molar-refractivity contribution is -0.136.